The third-order valence-corrected chi connectivity index (χ3v) is 5.39. The van der Waals surface area contributed by atoms with Crippen molar-refractivity contribution >= 4 is 11.6 Å². The van der Waals surface area contributed by atoms with Gasteiger partial charge in [0.15, 0.2) is 0 Å². The Labute approximate surface area is 120 Å². The minimum absolute atomic E-state index is 0.278. The lowest BCUT2D eigenvalue weighted by Gasteiger charge is -2.36. The fourth-order valence-corrected chi connectivity index (χ4v) is 3.84. The van der Waals surface area contributed by atoms with Gasteiger partial charge >= 0.3 is 0 Å². The molecule has 19 heavy (non-hydrogen) atoms. The van der Waals surface area contributed by atoms with Crippen LogP contribution in [-0.2, 0) is 13.5 Å². The lowest BCUT2D eigenvalue weighted by atomic mass is 9.74. The van der Waals surface area contributed by atoms with Gasteiger partial charge in [-0.15, -0.1) is 0 Å². The van der Waals surface area contributed by atoms with Crippen molar-refractivity contribution in [3.05, 3.63) is 16.4 Å². The third kappa shape index (κ3) is 2.67. The number of halogens is 1. The maximum Gasteiger partial charge on any atom is 0.130 e. The van der Waals surface area contributed by atoms with E-state index in [-0.39, 0.29) is 6.04 Å². The number of rotatable bonds is 5. The lowest BCUT2D eigenvalue weighted by molar-refractivity contribution is 0.185. The molecule has 1 aliphatic rings. The van der Waals surface area contributed by atoms with E-state index in [2.05, 4.69) is 17.4 Å². The second kappa shape index (κ2) is 5.81. The number of nitrogens with zero attached hydrogens (tertiary/aromatic N) is 2. The Balaban J connectivity index is 2.23. The molecule has 0 spiro atoms. The first-order valence-electron chi connectivity index (χ1n) is 7.18. The van der Waals surface area contributed by atoms with Crippen LogP contribution < -0.4 is 11.3 Å². The van der Waals surface area contributed by atoms with Crippen molar-refractivity contribution in [2.75, 3.05) is 0 Å². The Bertz CT molecular complexity index is 435. The van der Waals surface area contributed by atoms with Gasteiger partial charge in [0.1, 0.15) is 5.15 Å². The van der Waals surface area contributed by atoms with Crippen molar-refractivity contribution in [1.29, 1.82) is 0 Å². The van der Waals surface area contributed by atoms with Gasteiger partial charge in [0, 0.05) is 18.7 Å². The molecule has 0 aromatic carbocycles. The molecule has 3 N–H and O–H groups in total. The summed E-state index contributed by atoms with van der Waals surface area (Å²) in [6, 6.07) is 0.278. The van der Waals surface area contributed by atoms with Crippen molar-refractivity contribution in [2.45, 2.75) is 58.4 Å². The van der Waals surface area contributed by atoms with Crippen LogP contribution in [0, 0.1) is 12.3 Å². The second-order valence-electron chi connectivity index (χ2n) is 5.82. The van der Waals surface area contributed by atoms with Crippen LogP contribution in [0.2, 0.25) is 5.15 Å². The molecule has 0 radical (unpaired) electrons. The zero-order chi connectivity index (χ0) is 14.0. The fraction of sp³-hybridized carbons (Fsp3) is 0.786. The van der Waals surface area contributed by atoms with Crippen LogP contribution in [-0.4, -0.2) is 15.8 Å². The Morgan fingerprint density at radius 3 is 2.53 bits per heavy atom. The standard InChI is InChI=1S/C14H25ClN4/c1-4-14(7-5-6-8-14)12(17-16)9-11-10(2)18-19(3)13(11)15/h12,17H,4-9,16H2,1-3H3. The minimum Gasteiger partial charge on any atom is -0.271 e. The number of nitrogens with one attached hydrogen (secondary N) is 1. The summed E-state index contributed by atoms with van der Waals surface area (Å²) in [5.74, 6) is 5.85. The summed E-state index contributed by atoms with van der Waals surface area (Å²) >= 11 is 6.34. The van der Waals surface area contributed by atoms with Crippen molar-refractivity contribution in [1.82, 2.24) is 15.2 Å². The molecule has 0 bridgehead atoms. The summed E-state index contributed by atoms with van der Waals surface area (Å²) in [7, 11) is 1.88. The lowest BCUT2D eigenvalue weighted by Crippen LogP contribution is -2.48. The maximum absolute atomic E-state index is 6.34. The van der Waals surface area contributed by atoms with Crippen LogP contribution in [0.25, 0.3) is 0 Å². The molecule has 1 fully saturated rings. The third-order valence-electron chi connectivity index (χ3n) is 4.92. The molecule has 1 aromatic rings. The fourth-order valence-electron chi connectivity index (χ4n) is 3.59. The van der Waals surface area contributed by atoms with Crippen molar-refractivity contribution in [3.63, 3.8) is 0 Å². The summed E-state index contributed by atoms with van der Waals surface area (Å²) in [4.78, 5) is 0. The number of nitrogens with two attached hydrogens (primary N) is 1. The van der Waals surface area contributed by atoms with E-state index >= 15 is 0 Å². The number of hydrogen-bond acceptors (Lipinski definition) is 3. The predicted octanol–water partition coefficient (Wildman–Crippen LogP) is 2.73. The summed E-state index contributed by atoms with van der Waals surface area (Å²) in [6.07, 6.45) is 7.17. The van der Waals surface area contributed by atoms with E-state index in [9.17, 15) is 0 Å². The van der Waals surface area contributed by atoms with Crippen LogP contribution in [0.3, 0.4) is 0 Å². The van der Waals surface area contributed by atoms with Crippen molar-refractivity contribution in [2.24, 2.45) is 18.3 Å². The molecule has 1 saturated carbocycles. The maximum atomic E-state index is 6.34. The zero-order valence-corrected chi connectivity index (χ0v) is 12.9. The normalized spacial score (nSPS) is 19.8. The van der Waals surface area contributed by atoms with Gasteiger partial charge in [-0.1, -0.05) is 31.4 Å². The van der Waals surface area contributed by atoms with Crippen LogP contribution in [0.15, 0.2) is 0 Å². The minimum atomic E-state index is 0.278. The van der Waals surface area contributed by atoms with Gasteiger partial charge in [0.05, 0.1) is 5.69 Å². The summed E-state index contributed by atoms with van der Waals surface area (Å²) in [5.41, 5.74) is 5.51. The van der Waals surface area contributed by atoms with Gasteiger partial charge in [-0.25, -0.2) is 0 Å². The van der Waals surface area contributed by atoms with E-state index in [1.54, 1.807) is 4.68 Å². The molecule has 4 nitrogen and oxygen atoms in total. The zero-order valence-electron chi connectivity index (χ0n) is 12.2. The van der Waals surface area contributed by atoms with E-state index < -0.39 is 0 Å². The summed E-state index contributed by atoms with van der Waals surface area (Å²) in [5, 5.41) is 5.13. The Morgan fingerprint density at radius 1 is 1.47 bits per heavy atom. The Kier molecular flexibility index (Phi) is 4.54. The van der Waals surface area contributed by atoms with Gasteiger partial charge in [-0.05, 0) is 38.0 Å². The highest BCUT2D eigenvalue weighted by atomic mass is 35.5. The van der Waals surface area contributed by atoms with Crippen LogP contribution in [0.5, 0.6) is 0 Å². The molecule has 5 heteroatoms. The van der Waals surface area contributed by atoms with Crippen molar-refractivity contribution < 1.29 is 0 Å². The molecule has 1 atom stereocenters. The Hall–Kier alpha value is -0.580. The van der Waals surface area contributed by atoms with Crippen molar-refractivity contribution in [3.8, 4) is 0 Å². The first-order chi connectivity index (χ1) is 9.04. The van der Waals surface area contributed by atoms with Gasteiger partial charge < -0.3 is 0 Å². The summed E-state index contributed by atoms with van der Waals surface area (Å²) in [6.45, 7) is 4.29. The molecular weight excluding hydrogens is 260 g/mol. The number of hydrazine groups is 1. The molecule has 0 aliphatic heterocycles. The van der Waals surface area contributed by atoms with Crippen LogP contribution >= 0.6 is 11.6 Å². The van der Waals surface area contributed by atoms with Gasteiger partial charge in [-0.2, -0.15) is 5.10 Å². The van der Waals surface area contributed by atoms with Gasteiger partial charge in [0.2, 0.25) is 0 Å². The molecule has 108 valence electrons. The highest BCUT2D eigenvalue weighted by molar-refractivity contribution is 6.30. The molecule has 1 unspecified atom stereocenters. The largest absolute Gasteiger partial charge is 0.271 e. The van der Waals surface area contributed by atoms with E-state index in [1.807, 2.05) is 14.0 Å². The van der Waals surface area contributed by atoms with Crippen LogP contribution in [0.4, 0.5) is 0 Å². The Morgan fingerprint density at radius 2 is 2.11 bits per heavy atom. The highest BCUT2D eigenvalue weighted by Gasteiger charge is 2.39. The highest BCUT2D eigenvalue weighted by Crippen LogP contribution is 2.45. The monoisotopic (exact) mass is 284 g/mol. The molecular formula is C14H25ClN4. The van der Waals surface area contributed by atoms with Gasteiger partial charge in [-0.3, -0.25) is 16.0 Å². The molecule has 2 rings (SSSR count). The van der Waals surface area contributed by atoms with E-state index in [1.165, 1.54) is 32.1 Å². The number of aryl methyl sites for hydroxylation is 2. The first-order valence-corrected chi connectivity index (χ1v) is 7.56. The van der Waals surface area contributed by atoms with Gasteiger partial charge in [0.25, 0.3) is 0 Å². The molecule has 0 saturated heterocycles. The SMILES string of the molecule is CCC1(C(Cc2c(C)nn(C)c2Cl)NN)CCCC1. The quantitative estimate of drug-likeness (QED) is 0.646. The smallest absolute Gasteiger partial charge is 0.130 e. The molecule has 1 aromatic heterocycles. The van der Waals surface area contributed by atoms with Crippen LogP contribution in [0.1, 0.15) is 50.3 Å². The van der Waals surface area contributed by atoms with E-state index in [0.29, 0.717) is 5.41 Å². The van der Waals surface area contributed by atoms with E-state index in [0.717, 1.165) is 22.8 Å². The number of aromatic nitrogens is 2. The molecule has 0 amide bonds. The topological polar surface area (TPSA) is 55.9 Å². The second-order valence-corrected chi connectivity index (χ2v) is 6.18. The first kappa shape index (κ1) is 14.8. The average molecular weight is 285 g/mol. The molecule has 1 heterocycles. The number of hydrogen-bond donors (Lipinski definition) is 2. The van der Waals surface area contributed by atoms with E-state index in [4.69, 9.17) is 17.4 Å². The molecule has 1 aliphatic carbocycles. The predicted molar refractivity (Wildman–Crippen MR) is 79.0 cm³/mol. The summed E-state index contributed by atoms with van der Waals surface area (Å²) < 4.78 is 1.74. The average Bonchev–Trinajstić information content (AvgIpc) is 2.96.